The summed E-state index contributed by atoms with van der Waals surface area (Å²) in [6.07, 6.45) is 0. The minimum atomic E-state index is -0.179. The second-order valence-electron chi connectivity index (χ2n) is 36.9. The van der Waals surface area contributed by atoms with Crippen LogP contribution in [-0.4, -0.2) is 0 Å². The molecule has 6 aromatic heterocycles. The van der Waals surface area contributed by atoms with E-state index in [0.29, 0.717) is 5.39 Å². The van der Waals surface area contributed by atoms with Gasteiger partial charge in [-0.15, -0.1) is 68.0 Å². The van der Waals surface area contributed by atoms with Crippen molar-refractivity contribution in [1.29, 1.82) is 0 Å². The van der Waals surface area contributed by atoms with Gasteiger partial charge in [-0.2, -0.15) is 0 Å². The summed E-state index contributed by atoms with van der Waals surface area (Å²) in [6.45, 7) is 4.33. The molecule has 0 bridgehead atoms. The van der Waals surface area contributed by atoms with Gasteiger partial charge in [0.1, 0.15) is 5.82 Å². The highest BCUT2D eigenvalue weighted by Crippen LogP contribution is 2.53. The van der Waals surface area contributed by atoms with Crippen molar-refractivity contribution in [3.05, 3.63) is 533 Å². The summed E-state index contributed by atoms with van der Waals surface area (Å²) in [5.41, 5.74) is 25.3. The average Bonchev–Trinajstić information content (AvgIpc) is 1.63. The maximum atomic E-state index is 15.1. The number of para-hydroxylation sites is 9. The molecular weight excluding hydrogens is 1900 g/mol. The molecule has 0 N–H and O–H groups in total. The number of anilines is 18. The van der Waals surface area contributed by atoms with Crippen molar-refractivity contribution in [2.45, 2.75) is 13.8 Å². The predicted molar refractivity (Wildman–Crippen MR) is 640 cm³/mol. The van der Waals surface area contributed by atoms with E-state index < -0.39 is 0 Å². The highest BCUT2D eigenvalue weighted by Gasteiger charge is 2.26. The molecule has 0 amide bonds. The molecule has 0 radical (unpaired) electrons. The van der Waals surface area contributed by atoms with Crippen LogP contribution >= 0.6 is 68.0 Å². The molecule has 0 aliphatic carbocycles. The van der Waals surface area contributed by atoms with Crippen LogP contribution in [0.15, 0.2) is 516 Å². The summed E-state index contributed by atoms with van der Waals surface area (Å²) in [6, 6.07) is 185. The van der Waals surface area contributed by atoms with Gasteiger partial charge in [-0.05, 0) is 310 Å². The number of thiophene rings is 6. The van der Waals surface area contributed by atoms with E-state index >= 15 is 4.39 Å². The van der Waals surface area contributed by atoms with E-state index in [2.05, 4.69) is 535 Å². The molecule has 0 aliphatic heterocycles. The summed E-state index contributed by atoms with van der Waals surface area (Å²) in [5, 5.41) is 14.4. The van der Waals surface area contributed by atoms with E-state index in [1.54, 1.807) is 23.5 Å². The standard InChI is InChI=1S/C49H34N2S2.C43H30N2S2.C42H27FN2S2/c1-33-13-11-14-34(29-33)41-21-12-22-47-49(41)44-31-39(25-28-46(44)52-47)51(37-19-9-4-10-20-37)40-23-26-42-43-30-38(24-27-45(43)53-48(42)32-40)50(35-15-5-2-6-16-35)36-17-7-3-8-18-36;1-29-17-21-36-38-27-34(20-24-40(38)46-42(36)25-29)45(32-15-9-4-10-16-32)35-18-22-37-39-26-33(19-23-41(39)47-43(37)28-35)44(30-11-5-2-6-12-30)31-13-7-3-8-14-31;43-37-17-10-18-40-42(37)36-26-32(21-24-39(36)46-40)45(30-15-8-3-9-16-30)33-19-22-34-35-25-31(20-23-38(35)47-41(34)27-33)44(28-11-4-1-5-12-28)29-13-6-2-7-14-29/h2-32H,1H3;2-28H,1H3;1-27H. The topological polar surface area (TPSA) is 19.4 Å². The Bertz CT molecular complexity index is 9640. The van der Waals surface area contributed by atoms with E-state index in [1.807, 2.05) is 68.8 Å². The third kappa shape index (κ3) is 17.2. The third-order valence-electron chi connectivity index (χ3n) is 27.6. The minimum absolute atomic E-state index is 0.179. The van der Waals surface area contributed by atoms with Crippen LogP contribution in [0.1, 0.15) is 11.1 Å². The van der Waals surface area contributed by atoms with Gasteiger partial charge in [-0.25, -0.2) is 4.39 Å². The summed E-state index contributed by atoms with van der Waals surface area (Å²) >= 11 is 10.9. The lowest BCUT2D eigenvalue weighted by molar-refractivity contribution is 0.641. The van der Waals surface area contributed by atoms with Gasteiger partial charge in [0.05, 0.1) is 0 Å². The van der Waals surface area contributed by atoms with E-state index in [-0.39, 0.29) is 5.82 Å². The van der Waals surface area contributed by atoms with Crippen molar-refractivity contribution in [1.82, 2.24) is 0 Å². The molecule has 0 saturated carbocycles. The van der Waals surface area contributed by atoms with Crippen LogP contribution in [-0.2, 0) is 0 Å². The quantitative estimate of drug-likeness (QED) is 0.0798. The van der Waals surface area contributed by atoms with Crippen molar-refractivity contribution < 1.29 is 4.39 Å². The van der Waals surface area contributed by atoms with Gasteiger partial charge in [0.2, 0.25) is 0 Å². The van der Waals surface area contributed by atoms with E-state index in [9.17, 15) is 0 Å². The highest BCUT2D eigenvalue weighted by molar-refractivity contribution is 7.28. The summed E-state index contributed by atoms with van der Waals surface area (Å²) in [7, 11) is 0. The number of aryl methyl sites for hydroxylation is 2. The fourth-order valence-corrected chi connectivity index (χ4v) is 27.7. The Kier molecular flexibility index (Phi) is 23.8. The van der Waals surface area contributed by atoms with Crippen molar-refractivity contribution in [2.24, 2.45) is 0 Å². The number of nitrogens with zero attached hydrogens (tertiary/aromatic N) is 6. The van der Waals surface area contributed by atoms with Gasteiger partial charge < -0.3 is 29.4 Å². The fourth-order valence-electron chi connectivity index (χ4n) is 20.9. The Balaban J connectivity index is 0.000000112. The Morgan fingerprint density at radius 1 is 0.143 bits per heavy atom. The average molecular weight is 2000 g/mol. The smallest absolute Gasteiger partial charge is 0.132 e. The normalized spacial score (nSPS) is 11.5. The van der Waals surface area contributed by atoms with Crippen LogP contribution in [0.2, 0.25) is 0 Å². The van der Waals surface area contributed by atoms with Crippen LogP contribution in [0.25, 0.3) is 132 Å². The lowest BCUT2D eigenvalue weighted by Gasteiger charge is -2.26. The van der Waals surface area contributed by atoms with Crippen molar-refractivity contribution in [3.8, 4) is 11.1 Å². The molecule has 0 aliphatic rings. The van der Waals surface area contributed by atoms with Crippen LogP contribution in [0, 0.1) is 19.7 Å². The first-order valence-electron chi connectivity index (χ1n) is 49.3. The molecule has 0 fully saturated rings. The maximum absolute atomic E-state index is 15.1. The molecule has 0 spiro atoms. The summed E-state index contributed by atoms with van der Waals surface area (Å²) in [4.78, 5) is 14.0. The van der Waals surface area contributed by atoms with Crippen molar-refractivity contribution >= 4 is 291 Å². The first-order valence-corrected chi connectivity index (χ1v) is 54.2. The fraction of sp³-hybridized carbons (Fsp3) is 0.0149. The van der Waals surface area contributed by atoms with Gasteiger partial charge in [0, 0.05) is 223 Å². The molecule has 700 valence electrons. The number of fused-ring (bicyclic) bond motifs is 18. The lowest BCUT2D eigenvalue weighted by atomic mass is 9.98. The van der Waals surface area contributed by atoms with Gasteiger partial charge in [0.15, 0.2) is 0 Å². The van der Waals surface area contributed by atoms with Crippen molar-refractivity contribution in [3.63, 3.8) is 0 Å². The molecule has 13 heteroatoms. The molecular formula is C134H91FN6S6. The first kappa shape index (κ1) is 89.9. The molecule has 6 nitrogen and oxygen atoms in total. The van der Waals surface area contributed by atoms with Gasteiger partial charge in [0.25, 0.3) is 0 Å². The Morgan fingerprint density at radius 2 is 0.367 bits per heavy atom. The SMILES string of the molecule is Cc1ccc2c(c1)sc1ccc(N(c3ccccc3)c3ccc4c(c3)sc3ccc(N(c5ccccc5)c5ccccc5)cc34)cc12.Cc1cccc(-c2cccc3sc4ccc(N(c5ccccc5)c5ccc6c(c5)sc5ccc(N(c7ccccc7)c7ccccc7)cc56)cc4c23)c1.Fc1cccc2sc3ccc(N(c4ccccc4)c4ccc5c(c4)sc4ccc(N(c6ccccc6)c6ccccc6)cc45)cc3c12. The number of halogens is 1. The highest BCUT2D eigenvalue weighted by atomic mass is 32.1. The predicted octanol–water partition coefficient (Wildman–Crippen LogP) is 42.5. The second-order valence-corrected chi connectivity index (χ2v) is 43.4. The molecule has 28 rings (SSSR count). The summed E-state index contributed by atoms with van der Waals surface area (Å²) < 4.78 is 30.0. The van der Waals surface area contributed by atoms with Crippen LogP contribution in [0.5, 0.6) is 0 Å². The Labute approximate surface area is 875 Å². The van der Waals surface area contributed by atoms with Gasteiger partial charge in [-0.3, -0.25) is 0 Å². The number of hydrogen-bond acceptors (Lipinski definition) is 12. The number of benzene rings is 22. The van der Waals surface area contributed by atoms with Crippen LogP contribution < -0.4 is 29.4 Å². The molecule has 28 aromatic rings. The third-order valence-corrected chi connectivity index (χ3v) is 34.4. The summed E-state index contributed by atoms with van der Waals surface area (Å²) in [5.74, 6) is -0.179. The van der Waals surface area contributed by atoms with E-state index in [1.165, 1.54) is 123 Å². The molecule has 0 unspecified atom stereocenters. The van der Waals surface area contributed by atoms with Gasteiger partial charge >= 0.3 is 0 Å². The van der Waals surface area contributed by atoms with E-state index in [4.69, 9.17) is 0 Å². The Morgan fingerprint density at radius 3 is 0.673 bits per heavy atom. The molecule has 0 atom stereocenters. The molecule has 0 saturated heterocycles. The van der Waals surface area contributed by atoms with Crippen LogP contribution in [0.3, 0.4) is 0 Å². The zero-order valence-corrected chi connectivity index (χ0v) is 85.0. The maximum Gasteiger partial charge on any atom is 0.132 e. The molecule has 6 heterocycles. The second kappa shape index (κ2) is 38.9. The van der Waals surface area contributed by atoms with Crippen molar-refractivity contribution in [2.75, 3.05) is 29.4 Å². The number of hydrogen-bond donors (Lipinski definition) is 0. The monoisotopic (exact) mass is 1990 g/mol. The Hall–Kier alpha value is -17.1. The zero-order valence-electron chi connectivity index (χ0n) is 80.1. The lowest BCUT2D eigenvalue weighted by Crippen LogP contribution is -2.09. The minimum Gasteiger partial charge on any atom is -0.310 e. The first-order chi connectivity index (χ1) is 72.6. The van der Waals surface area contributed by atoms with Gasteiger partial charge in [-0.1, -0.05) is 242 Å². The molecule has 147 heavy (non-hydrogen) atoms. The zero-order chi connectivity index (χ0) is 97.9. The van der Waals surface area contributed by atoms with E-state index in [0.717, 1.165) is 117 Å². The number of rotatable bonds is 19. The largest absolute Gasteiger partial charge is 0.310 e. The molecule has 22 aromatic carbocycles. The van der Waals surface area contributed by atoms with Crippen LogP contribution in [0.4, 0.5) is 107 Å².